The minimum absolute atomic E-state index is 0.0478. The minimum Gasteiger partial charge on any atom is -0.480 e. The third-order valence-corrected chi connectivity index (χ3v) is 1.59. The number of aliphatic carboxylic acids is 2. The molecule has 7 nitrogen and oxygen atoms in total. The number of terminal acetylenes is 1. The van der Waals surface area contributed by atoms with Crippen molar-refractivity contribution in [3.63, 3.8) is 0 Å². The van der Waals surface area contributed by atoms with E-state index < -0.39 is 36.1 Å². The van der Waals surface area contributed by atoms with Crippen LogP contribution in [-0.4, -0.2) is 46.3 Å². The molecule has 114 valence electrons. The Kier molecular flexibility index (Phi) is 8.78. The first-order valence-electron chi connectivity index (χ1n) is 4.95. The SMILES string of the molecule is C#CC[C@H](NC(=O)[C@H](C)N)C(=O)O.O=C(O)C(F)(F)F. The maximum absolute atomic E-state index is 11.0. The Balaban J connectivity index is 0. The summed E-state index contributed by atoms with van der Waals surface area (Å²) in [5, 5.41) is 17.9. The molecule has 5 N–H and O–H groups in total. The molecule has 2 atom stereocenters. The smallest absolute Gasteiger partial charge is 0.480 e. The van der Waals surface area contributed by atoms with Crippen LogP contribution in [0.5, 0.6) is 0 Å². The molecule has 0 bridgehead atoms. The lowest BCUT2D eigenvalue weighted by molar-refractivity contribution is -0.192. The van der Waals surface area contributed by atoms with E-state index in [1.807, 2.05) is 0 Å². The number of nitrogens with one attached hydrogen (secondary N) is 1. The second-order valence-corrected chi connectivity index (χ2v) is 3.40. The van der Waals surface area contributed by atoms with E-state index in [0.29, 0.717) is 0 Å². The van der Waals surface area contributed by atoms with Gasteiger partial charge in [-0.15, -0.1) is 12.3 Å². The molecule has 0 fully saturated rings. The fraction of sp³-hybridized carbons (Fsp3) is 0.500. The molecule has 0 aliphatic carbocycles. The van der Waals surface area contributed by atoms with E-state index in [9.17, 15) is 22.8 Å². The number of nitrogens with two attached hydrogens (primary N) is 1. The van der Waals surface area contributed by atoms with Crippen LogP contribution >= 0.6 is 0 Å². The fourth-order valence-electron chi connectivity index (χ4n) is 0.621. The predicted molar refractivity (Wildman–Crippen MR) is 60.4 cm³/mol. The van der Waals surface area contributed by atoms with Gasteiger partial charge < -0.3 is 21.3 Å². The van der Waals surface area contributed by atoms with Gasteiger partial charge in [0.2, 0.25) is 5.91 Å². The molecule has 0 saturated heterocycles. The maximum Gasteiger partial charge on any atom is 0.490 e. The van der Waals surface area contributed by atoms with Gasteiger partial charge in [0.1, 0.15) is 6.04 Å². The van der Waals surface area contributed by atoms with E-state index in [-0.39, 0.29) is 6.42 Å². The van der Waals surface area contributed by atoms with Crippen molar-refractivity contribution in [3.8, 4) is 12.3 Å². The molecule has 0 aromatic carbocycles. The number of carboxylic acids is 2. The van der Waals surface area contributed by atoms with Crippen LogP contribution in [0.15, 0.2) is 0 Å². The third kappa shape index (κ3) is 9.72. The van der Waals surface area contributed by atoms with Gasteiger partial charge >= 0.3 is 18.1 Å². The van der Waals surface area contributed by atoms with Crippen molar-refractivity contribution >= 4 is 17.8 Å². The molecular weight excluding hydrogens is 285 g/mol. The van der Waals surface area contributed by atoms with Gasteiger partial charge in [0.15, 0.2) is 0 Å². The zero-order valence-electron chi connectivity index (χ0n) is 10.3. The van der Waals surface area contributed by atoms with Crippen LogP contribution in [0.4, 0.5) is 13.2 Å². The summed E-state index contributed by atoms with van der Waals surface area (Å²) in [5.74, 6) is -2.29. The van der Waals surface area contributed by atoms with Crippen molar-refractivity contribution in [1.29, 1.82) is 0 Å². The van der Waals surface area contributed by atoms with E-state index in [4.69, 9.17) is 27.2 Å². The first kappa shape index (κ1) is 20.0. The van der Waals surface area contributed by atoms with Gasteiger partial charge in [-0.25, -0.2) is 9.59 Å². The fourth-order valence-corrected chi connectivity index (χ4v) is 0.621. The molecule has 0 unspecified atom stereocenters. The number of carboxylic acid groups (broad SMARTS) is 2. The van der Waals surface area contributed by atoms with Crippen molar-refractivity contribution in [1.82, 2.24) is 5.32 Å². The highest BCUT2D eigenvalue weighted by molar-refractivity contribution is 5.86. The highest BCUT2D eigenvalue weighted by Crippen LogP contribution is 2.13. The number of alkyl halides is 3. The molecule has 0 heterocycles. The molecule has 0 aliphatic rings. The second-order valence-electron chi connectivity index (χ2n) is 3.40. The van der Waals surface area contributed by atoms with Crippen LogP contribution in [0.1, 0.15) is 13.3 Å². The quantitative estimate of drug-likeness (QED) is 0.521. The monoisotopic (exact) mass is 298 g/mol. The molecular formula is C10H13F3N2O5. The van der Waals surface area contributed by atoms with Crippen LogP contribution in [0.3, 0.4) is 0 Å². The largest absolute Gasteiger partial charge is 0.490 e. The number of carbonyl (C=O) groups excluding carboxylic acids is 1. The average molecular weight is 298 g/mol. The molecule has 0 aliphatic heterocycles. The van der Waals surface area contributed by atoms with Crippen molar-refractivity contribution in [3.05, 3.63) is 0 Å². The van der Waals surface area contributed by atoms with Crippen molar-refractivity contribution in [2.24, 2.45) is 5.73 Å². The molecule has 0 spiro atoms. The Hall–Kier alpha value is -2.28. The molecule has 10 heteroatoms. The summed E-state index contributed by atoms with van der Waals surface area (Å²) >= 11 is 0. The summed E-state index contributed by atoms with van der Waals surface area (Å²) in [6.45, 7) is 1.46. The van der Waals surface area contributed by atoms with Gasteiger partial charge in [0.05, 0.1) is 6.04 Å². The lowest BCUT2D eigenvalue weighted by Gasteiger charge is -2.13. The van der Waals surface area contributed by atoms with Crippen LogP contribution in [0, 0.1) is 12.3 Å². The number of halogens is 3. The molecule has 0 aromatic rings. The Morgan fingerprint density at radius 3 is 1.95 bits per heavy atom. The van der Waals surface area contributed by atoms with E-state index in [1.165, 1.54) is 6.92 Å². The number of carbonyl (C=O) groups is 3. The van der Waals surface area contributed by atoms with Crippen molar-refractivity contribution in [2.75, 3.05) is 0 Å². The predicted octanol–water partition coefficient (Wildman–Crippen LogP) is -0.440. The van der Waals surface area contributed by atoms with Gasteiger partial charge in [-0.05, 0) is 6.92 Å². The topological polar surface area (TPSA) is 130 Å². The highest BCUT2D eigenvalue weighted by atomic mass is 19.4. The van der Waals surface area contributed by atoms with Crippen molar-refractivity contribution in [2.45, 2.75) is 31.6 Å². The lowest BCUT2D eigenvalue weighted by atomic mass is 10.2. The Bertz CT molecular complexity index is 401. The van der Waals surface area contributed by atoms with Gasteiger partial charge in [-0.3, -0.25) is 4.79 Å². The first-order chi connectivity index (χ1) is 8.93. The van der Waals surface area contributed by atoms with E-state index in [0.717, 1.165) is 0 Å². The molecule has 0 rings (SSSR count). The van der Waals surface area contributed by atoms with E-state index >= 15 is 0 Å². The van der Waals surface area contributed by atoms with Crippen LogP contribution in [0.2, 0.25) is 0 Å². The van der Waals surface area contributed by atoms with Gasteiger partial charge in [0.25, 0.3) is 0 Å². The summed E-state index contributed by atoms with van der Waals surface area (Å²) in [4.78, 5) is 30.4. The first-order valence-corrected chi connectivity index (χ1v) is 4.95. The van der Waals surface area contributed by atoms with Gasteiger partial charge in [-0.1, -0.05) is 0 Å². The molecule has 20 heavy (non-hydrogen) atoms. The minimum atomic E-state index is -5.08. The van der Waals surface area contributed by atoms with Crippen LogP contribution < -0.4 is 11.1 Å². The molecule has 0 saturated carbocycles. The molecule has 0 aromatic heterocycles. The average Bonchev–Trinajstić information content (AvgIpc) is 2.27. The maximum atomic E-state index is 11.0. The molecule has 0 radical (unpaired) electrons. The summed E-state index contributed by atoms with van der Waals surface area (Å²) in [6.07, 6.45) is -0.208. The second kappa shape index (κ2) is 8.76. The zero-order chi connectivity index (χ0) is 16.5. The Morgan fingerprint density at radius 1 is 1.35 bits per heavy atom. The Labute approximate surface area is 111 Å². The summed E-state index contributed by atoms with van der Waals surface area (Å²) < 4.78 is 31.7. The van der Waals surface area contributed by atoms with Gasteiger partial charge in [0, 0.05) is 6.42 Å². The number of hydrogen-bond donors (Lipinski definition) is 4. The summed E-state index contributed by atoms with van der Waals surface area (Å²) in [6, 6.07) is -1.79. The number of hydrogen-bond acceptors (Lipinski definition) is 4. The normalized spacial score (nSPS) is 13.0. The van der Waals surface area contributed by atoms with Gasteiger partial charge in [-0.2, -0.15) is 13.2 Å². The van der Waals surface area contributed by atoms with Crippen LogP contribution in [-0.2, 0) is 14.4 Å². The summed E-state index contributed by atoms with van der Waals surface area (Å²) in [7, 11) is 0. The number of rotatable bonds is 4. The third-order valence-electron chi connectivity index (χ3n) is 1.59. The van der Waals surface area contributed by atoms with Crippen molar-refractivity contribution < 1.29 is 37.8 Å². The number of amides is 1. The van der Waals surface area contributed by atoms with E-state index in [1.54, 1.807) is 0 Å². The standard InChI is InChI=1S/C8H12N2O3.C2HF3O2/c1-3-4-6(8(12)13)10-7(11)5(2)9;3-2(4,5)1(6)7/h1,5-6H,4,9H2,2H3,(H,10,11)(H,12,13);(H,6,7)/t5-,6-;/m0./s1. The zero-order valence-corrected chi connectivity index (χ0v) is 10.3. The van der Waals surface area contributed by atoms with Crippen LogP contribution in [0.25, 0.3) is 0 Å². The Morgan fingerprint density at radius 2 is 1.75 bits per heavy atom. The summed E-state index contributed by atoms with van der Waals surface area (Å²) in [5.41, 5.74) is 5.22. The highest BCUT2D eigenvalue weighted by Gasteiger charge is 2.38. The van der Waals surface area contributed by atoms with E-state index in [2.05, 4.69) is 11.2 Å². The molecule has 1 amide bonds. The lowest BCUT2D eigenvalue weighted by Crippen LogP contribution is -2.47.